The van der Waals surface area contributed by atoms with Crippen LogP contribution in [-0.4, -0.2) is 45.3 Å². The molecule has 170 valence electrons. The van der Waals surface area contributed by atoms with Gasteiger partial charge in [-0.1, -0.05) is 19.9 Å². The molecule has 0 spiro atoms. The number of allylic oxidation sites excluding steroid dienone is 4. The number of phosphoric acid groups is 1. The lowest BCUT2D eigenvalue weighted by Gasteiger charge is -2.60. The molecular weight excluding hydrogens is 426 g/mol. The molecule has 0 aromatic rings. The van der Waals surface area contributed by atoms with Gasteiger partial charge >= 0.3 is 7.82 Å². The number of aliphatic hydroxyl groups is 1. The summed E-state index contributed by atoms with van der Waals surface area (Å²) in [6, 6.07) is 0. The molecule has 3 N–H and O–H groups in total. The van der Waals surface area contributed by atoms with Gasteiger partial charge in [0.2, 0.25) is 0 Å². The molecule has 0 amide bonds. The smallest absolute Gasteiger partial charge is 0.393 e. The van der Waals surface area contributed by atoms with Crippen LogP contribution in [0.1, 0.15) is 33.1 Å². The predicted octanol–water partition coefficient (Wildman–Crippen LogP) is 2.36. The average Bonchev–Trinajstić information content (AvgIpc) is 3.34. The van der Waals surface area contributed by atoms with Gasteiger partial charge in [-0.2, -0.15) is 0 Å². The SMILES string of the molecule is C[C@]12C=CC(=O)C=C1[C@@H](F)CC1C2C(O)C[C@@]2(C)C1C1C[C@H]1[C@@H]2C(=O)COP(=O)(O)O. The predicted molar refractivity (Wildman–Crippen MR) is 107 cm³/mol. The highest BCUT2D eigenvalue weighted by Crippen LogP contribution is 2.75. The second kappa shape index (κ2) is 6.67. The van der Waals surface area contributed by atoms with Crippen molar-refractivity contribution >= 4 is 19.4 Å². The van der Waals surface area contributed by atoms with Crippen molar-refractivity contribution in [3.63, 3.8) is 0 Å². The second-order valence-electron chi connectivity index (χ2n) is 10.6. The second-order valence-corrected chi connectivity index (χ2v) is 11.8. The lowest BCUT2D eigenvalue weighted by Crippen LogP contribution is -2.59. The zero-order chi connectivity index (χ0) is 22.5. The molecule has 0 aromatic heterocycles. The molecule has 0 heterocycles. The molecule has 5 aliphatic carbocycles. The number of alkyl halides is 1. The molecule has 9 heteroatoms. The minimum absolute atomic E-state index is 0.0394. The number of aliphatic hydroxyl groups excluding tert-OH is 1. The van der Waals surface area contributed by atoms with Crippen molar-refractivity contribution in [1.29, 1.82) is 0 Å². The van der Waals surface area contributed by atoms with Crippen molar-refractivity contribution in [1.82, 2.24) is 0 Å². The maximum absolute atomic E-state index is 15.4. The fourth-order valence-corrected chi connectivity index (χ4v) is 8.46. The average molecular weight is 454 g/mol. The van der Waals surface area contributed by atoms with Crippen LogP contribution in [0.25, 0.3) is 0 Å². The summed E-state index contributed by atoms with van der Waals surface area (Å²) in [6.45, 7) is 3.20. The third-order valence-corrected chi connectivity index (χ3v) is 9.45. The largest absolute Gasteiger partial charge is 0.470 e. The number of carbonyl (C=O) groups excluding carboxylic acids is 2. The summed E-state index contributed by atoms with van der Waals surface area (Å²) in [6.07, 6.45) is 3.93. The number of fused-ring (bicyclic) bond motifs is 7. The van der Waals surface area contributed by atoms with Crippen LogP contribution < -0.4 is 0 Å². The number of carbonyl (C=O) groups is 2. The number of phosphoric ester groups is 1. The standard InChI is InChI=1S/C22H28FO7P/c1-21-4-3-10(24)5-14(21)15(23)7-13-18-11-6-12(11)19(17(26)9-30-31(27,28)29)22(18,2)8-16(25)20(13)21/h3-5,11-13,15-16,18-20,25H,6-9H2,1-2H3,(H2,27,28,29)/t11?,12-,13?,15+,16?,18?,19-,20?,21+,22+/m1/s1. The summed E-state index contributed by atoms with van der Waals surface area (Å²) in [5.74, 6) is -1.07. The van der Waals surface area contributed by atoms with Gasteiger partial charge in [0.15, 0.2) is 11.6 Å². The van der Waals surface area contributed by atoms with Crippen molar-refractivity contribution in [3.8, 4) is 0 Å². The van der Waals surface area contributed by atoms with E-state index in [0.29, 0.717) is 12.0 Å². The van der Waals surface area contributed by atoms with Crippen molar-refractivity contribution in [3.05, 3.63) is 23.8 Å². The summed E-state index contributed by atoms with van der Waals surface area (Å²) in [4.78, 5) is 42.8. The molecule has 31 heavy (non-hydrogen) atoms. The van der Waals surface area contributed by atoms with E-state index in [1.807, 2.05) is 13.8 Å². The van der Waals surface area contributed by atoms with E-state index in [1.165, 1.54) is 12.2 Å². The van der Waals surface area contributed by atoms with Crippen LogP contribution in [0.5, 0.6) is 0 Å². The molecule has 7 nitrogen and oxygen atoms in total. The highest BCUT2D eigenvalue weighted by atomic mass is 31.2. The van der Waals surface area contributed by atoms with Gasteiger partial charge in [0.25, 0.3) is 0 Å². The Morgan fingerprint density at radius 1 is 1.23 bits per heavy atom. The van der Waals surface area contributed by atoms with Gasteiger partial charge < -0.3 is 14.9 Å². The Morgan fingerprint density at radius 3 is 2.61 bits per heavy atom. The van der Waals surface area contributed by atoms with Gasteiger partial charge in [-0.3, -0.25) is 14.1 Å². The van der Waals surface area contributed by atoms with E-state index >= 15 is 4.39 Å². The number of ketones is 2. The summed E-state index contributed by atoms with van der Waals surface area (Å²) in [5, 5.41) is 11.3. The van der Waals surface area contributed by atoms with Crippen molar-refractivity contribution in [2.24, 2.45) is 46.3 Å². The Morgan fingerprint density at radius 2 is 1.94 bits per heavy atom. The quantitative estimate of drug-likeness (QED) is 0.558. The van der Waals surface area contributed by atoms with Crippen LogP contribution >= 0.6 is 7.82 Å². The van der Waals surface area contributed by atoms with Gasteiger partial charge in [-0.05, 0) is 66.1 Å². The molecular formula is C22H28FO7P. The molecule has 4 fully saturated rings. The molecule has 5 aliphatic rings. The third kappa shape index (κ3) is 3.10. The number of halogens is 1. The fraction of sp³-hybridized carbons (Fsp3) is 0.727. The van der Waals surface area contributed by atoms with E-state index in [1.54, 1.807) is 6.08 Å². The molecule has 10 atom stereocenters. The first-order valence-electron chi connectivity index (χ1n) is 10.9. The van der Waals surface area contributed by atoms with Crippen LogP contribution in [-0.2, 0) is 18.7 Å². The van der Waals surface area contributed by atoms with Gasteiger partial charge in [0.1, 0.15) is 12.8 Å². The first-order chi connectivity index (χ1) is 14.4. The van der Waals surface area contributed by atoms with Crippen LogP contribution in [0.15, 0.2) is 23.8 Å². The van der Waals surface area contributed by atoms with Crippen molar-refractivity contribution in [2.75, 3.05) is 6.61 Å². The Bertz CT molecular complexity index is 956. The van der Waals surface area contributed by atoms with Gasteiger partial charge in [0, 0.05) is 17.3 Å². The van der Waals surface area contributed by atoms with E-state index in [-0.39, 0.29) is 47.6 Å². The fourth-order valence-electron chi connectivity index (χ4n) is 8.16. The Labute approximate surface area is 180 Å². The topological polar surface area (TPSA) is 121 Å². The lowest BCUT2D eigenvalue weighted by atomic mass is 9.45. The lowest BCUT2D eigenvalue weighted by molar-refractivity contribution is -0.149. The molecule has 4 saturated carbocycles. The van der Waals surface area contributed by atoms with E-state index < -0.39 is 43.5 Å². The maximum Gasteiger partial charge on any atom is 0.470 e. The number of rotatable bonds is 4. The normalized spacial score (nSPS) is 50.1. The molecule has 5 rings (SSSR count). The Hall–Kier alpha value is -1.18. The monoisotopic (exact) mass is 454 g/mol. The first kappa shape index (κ1) is 21.7. The molecule has 0 aliphatic heterocycles. The highest BCUT2D eigenvalue weighted by molar-refractivity contribution is 7.46. The summed E-state index contributed by atoms with van der Waals surface area (Å²) >= 11 is 0. The maximum atomic E-state index is 15.4. The Balaban J connectivity index is 1.49. The van der Waals surface area contributed by atoms with E-state index in [2.05, 4.69) is 4.52 Å². The molecule has 0 radical (unpaired) electrons. The summed E-state index contributed by atoms with van der Waals surface area (Å²) < 4.78 is 30.9. The van der Waals surface area contributed by atoms with Crippen LogP contribution in [0, 0.1) is 46.3 Å². The van der Waals surface area contributed by atoms with Gasteiger partial charge in [-0.25, -0.2) is 8.96 Å². The minimum Gasteiger partial charge on any atom is -0.393 e. The van der Waals surface area contributed by atoms with E-state index in [9.17, 15) is 19.3 Å². The zero-order valence-electron chi connectivity index (χ0n) is 17.5. The Kier molecular flexibility index (Phi) is 4.66. The molecule has 0 saturated heterocycles. The van der Waals surface area contributed by atoms with Gasteiger partial charge in [0.05, 0.1) is 6.10 Å². The van der Waals surface area contributed by atoms with Crippen LogP contribution in [0.2, 0.25) is 0 Å². The zero-order valence-corrected chi connectivity index (χ0v) is 18.4. The summed E-state index contributed by atoms with van der Waals surface area (Å²) in [7, 11) is -4.76. The van der Waals surface area contributed by atoms with Crippen LogP contribution in [0.3, 0.4) is 0 Å². The van der Waals surface area contributed by atoms with E-state index in [0.717, 1.165) is 6.42 Å². The third-order valence-electron chi connectivity index (χ3n) is 8.98. The summed E-state index contributed by atoms with van der Waals surface area (Å²) in [5.41, 5.74) is -0.876. The molecule has 0 bridgehead atoms. The molecule has 5 unspecified atom stereocenters. The van der Waals surface area contributed by atoms with Crippen molar-refractivity contribution in [2.45, 2.75) is 45.4 Å². The molecule has 0 aromatic carbocycles. The highest BCUT2D eigenvalue weighted by Gasteiger charge is 2.73. The van der Waals surface area contributed by atoms with Gasteiger partial charge in [-0.15, -0.1) is 0 Å². The number of hydrogen-bond donors (Lipinski definition) is 3. The number of Topliss-reactive ketones (excluding diaryl/α,β-unsaturated/α-hetero) is 1. The van der Waals surface area contributed by atoms with E-state index in [4.69, 9.17) is 9.79 Å². The minimum atomic E-state index is -4.76. The first-order valence-corrected chi connectivity index (χ1v) is 12.4. The van der Waals surface area contributed by atoms with Crippen molar-refractivity contribution < 1.29 is 38.0 Å². The number of hydrogen-bond acceptors (Lipinski definition) is 5. The van der Waals surface area contributed by atoms with Crippen LogP contribution in [0.4, 0.5) is 4.39 Å².